The van der Waals surface area contributed by atoms with Crippen molar-refractivity contribution in [1.29, 1.82) is 0 Å². The quantitative estimate of drug-likeness (QED) is 0.561. The number of aryl methyl sites for hydroxylation is 1. The highest BCUT2D eigenvalue weighted by atomic mass is 32.2. The van der Waals surface area contributed by atoms with Crippen LogP contribution in [0, 0.1) is 6.92 Å². The third-order valence-corrected chi connectivity index (χ3v) is 4.51. The Hall–Kier alpha value is -2.57. The minimum Gasteiger partial charge on any atom is -0.291 e. The number of allylic oxidation sites excluding steroid dienone is 1. The maximum absolute atomic E-state index is 12.3. The average Bonchev–Trinajstić information content (AvgIpc) is 2.54. The number of nitrogens with one attached hydrogen (secondary N) is 2. The van der Waals surface area contributed by atoms with Gasteiger partial charge in [-0.3, -0.25) is 15.4 Å². The molecule has 0 aliphatic carbocycles. The zero-order valence-electron chi connectivity index (χ0n) is 12.7. The van der Waals surface area contributed by atoms with Gasteiger partial charge in [0, 0.05) is 5.69 Å². The van der Waals surface area contributed by atoms with Gasteiger partial charge < -0.3 is 0 Å². The van der Waals surface area contributed by atoms with Gasteiger partial charge in [-0.25, -0.2) is 8.42 Å². The fraction of sp³-hybridized carbons (Fsp3) is 0.0588. The first kappa shape index (κ1) is 16.8. The predicted molar refractivity (Wildman–Crippen MR) is 91.5 cm³/mol. The van der Waals surface area contributed by atoms with Crippen molar-refractivity contribution in [2.45, 2.75) is 11.8 Å². The number of rotatable bonds is 6. The van der Waals surface area contributed by atoms with Crippen molar-refractivity contribution in [2.75, 3.05) is 4.72 Å². The number of hydrogen-bond acceptors (Lipinski definition) is 4. The van der Waals surface area contributed by atoms with Crippen LogP contribution in [-0.2, 0) is 10.0 Å². The maximum Gasteiger partial charge on any atom is 0.261 e. The van der Waals surface area contributed by atoms with E-state index in [2.05, 4.69) is 11.3 Å². The molecule has 6 heteroatoms. The van der Waals surface area contributed by atoms with Gasteiger partial charge in [0.2, 0.25) is 0 Å². The van der Waals surface area contributed by atoms with E-state index in [0.29, 0.717) is 11.4 Å². The molecule has 2 aromatic rings. The fourth-order valence-electron chi connectivity index (χ4n) is 1.83. The summed E-state index contributed by atoms with van der Waals surface area (Å²) in [5.41, 5.74) is 4.60. The number of sulfonamides is 1. The lowest BCUT2D eigenvalue weighted by Crippen LogP contribution is -2.12. The summed E-state index contributed by atoms with van der Waals surface area (Å²) in [6.45, 7) is 5.45. The summed E-state index contributed by atoms with van der Waals surface area (Å²) in [5, 5.41) is 8.63. The molecule has 5 nitrogen and oxygen atoms in total. The van der Waals surface area contributed by atoms with Gasteiger partial charge in [0.1, 0.15) is 0 Å². The van der Waals surface area contributed by atoms with Crippen molar-refractivity contribution >= 4 is 21.8 Å². The number of anilines is 1. The molecule has 0 heterocycles. The van der Waals surface area contributed by atoms with Crippen LogP contribution in [0.2, 0.25) is 0 Å². The van der Waals surface area contributed by atoms with Crippen LogP contribution in [0.15, 0.2) is 71.8 Å². The molecule has 0 bridgehead atoms. The zero-order chi connectivity index (χ0) is 16.9. The van der Waals surface area contributed by atoms with Gasteiger partial charge in [-0.05, 0) is 42.8 Å². The molecule has 0 atom stereocenters. The van der Waals surface area contributed by atoms with Crippen LogP contribution in [0.4, 0.5) is 5.69 Å². The van der Waals surface area contributed by atoms with Crippen molar-refractivity contribution in [3.63, 3.8) is 0 Å². The molecule has 0 aliphatic rings. The third-order valence-electron chi connectivity index (χ3n) is 3.11. The molecule has 0 aromatic heterocycles. The van der Waals surface area contributed by atoms with E-state index in [1.54, 1.807) is 60.7 Å². The molecule has 0 unspecified atom stereocenters. The second-order valence-electron chi connectivity index (χ2n) is 5.01. The number of hydrogen-bond donors (Lipinski definition) is 3. The first-order valence-electron chi connectivity index (χ1n) is 6.87. The third kappa shape index (κ3) is 4.70. The van der Waals surface area contributed by atoms with E-state index < -0.39 is 10.0 Å². The zero-order valence-corrected chi connectivity index (χ0v) is 13.5. The van der Waals surface area contributed by atoms with Crippen LogP contribution in [0.3, 0.4) is 0 Å². The van der Waals surface area contributed by atoms with E-state index in [0.717, 1.165) is 11.1 Å². The van der Waals surface area contributed by atoms with Crippen molar-refractivity contribution in [3.8, 4) is 0 Å². The SMILES string of the molecule is C=C(/C=C/c1ccc(NS(=O)(=O)c2ccc(C)cc2)cc1)NO. The van der Waals surface area contributed by atoms with E-state index in [-0.39, 0.29) is 4.90 Å². The minimum atomic E-state index is -3.60. The van der Waals surface area contributed by atoms with E-state index in [1.807, 2.05) is 12.4 Å². The Labute approximate surface area is 136 Å². The first-order chi connectivity index (χ1) is 10.9. The lowest BCUT2D eigenvalue weighted by atomic mass is 10.2. The van der Waals surface area contributed by atoms with Crippen molar-refractivity contribution in [1.82, 2.24) is 5.48 Å². The van der Waals surface area contributed by atoms with Gasteiger partial charge >= 0.3 is 0 Å². The van der Waals surface area contributed by atoms with Gasteiger partial charge in [0.05, 0.1) is 10.6 Å². The number of hydroxylamine groups is 1. The highest BCUT2D eigenvalue weighted by molar-refractivity contribution is 7.92. The summed E-state index contributed by atoms with van der Waals surface area (Å²) >= 11 is 0. The fourth-order valence-corrected chi connectivity index (χ4v) is 2.89. The smallest absolute Gasteiger partial charge is 0.261 e. The van der Waals surface area contributed by atoms with Crippen molar-refractivity contribution < 1.29 is 13.6 Å². The van der Waals surface area contributed by atoms with E-state index in [9.17, 15) is 8.42 Å². The number of benzene rings is 2. The Kier molecular flexibility index (Phi) is 5.20. The van der Waals surface area contributed by atoms with E-state index in [4.69, 9.17) is 5.21 Å². The van der Waals surface area contributed by atoms with Crippen LogP contribution >= 0.6 is 0 Å². The molecule has 3 N–H and O–H groups in total. The van der Waals surface area contributed by atoms with Crippen LogP contribution < -0.4 is 10.2 Å². The summed E-state index contributed by atoms with van der Waals surface area (Å²) in [6.07, 6.45) is 3.34. The summed E-state index contributed by atoms with van der Waals surface area (Å²) in [4.78, 5) is 0.220. The Morgan fingerprint density at radius 1 is 1.09 bits per heavy atom. The molecular formula is C17H18N2O3S. The lowest BCUT2D eigenvalue weighted by molar-refractivity contribution is 0.205. The first-order valence-corrected chi connectivity index (χ1v) is 8.36. The topological polar surface area (TPSA) is 78.4 Å². The molecule has 0 saturated heterocycles. The Morgan fingerprint density at radius 2 is 1.70 bits per heavy atom. The molecule has 0 radical (unpaired) electrons. The second-order valence-corrected chi connectivity index (χ2v) is 6.69. The molecule has 0 saturated carbocycles. The van der Waals surface area contributed by atoms with E-state index >= 15 is 0 Å². The van der Waals surface area contributed by atoms with Gasteiger partial charge in [-0.1, -0.05) is 42.5 Å². The van der Waals surface area contributed by atoms with Gasteiger partial charge in [0.15, 0.2) is 0 Å². The summed E-state index contributed by atoms with van der Waals surface area (Å²) in [6, 6.07) is 13.5. The molecular weight excluding hydrogens is 312 g/mol. The van der Waals surface area contributed by atoms with Crippen LogP contribution in [0.5, 0.6) is 0 Å². The highest BCUT2D eigenvalue weighted by Crippen LogP contribution is 2.17. The van der Waals surface area contributed by atoms with Gasteiger partial charge in [0.25, 0.3) is 10.0 Å². The molecule has 0 spiro atoms. The normalized spacial score (nSPS) is 11.4. The monoisotopic (exact) mass is 330 g/mol. The Bertz CT molecular complexity index is 808. The molecule has 23 heavy (non-hydrogen) atoms. The molecule has 2 aromatic carbocycles. The summed E-state index contributed by atoms with van der Waals surface area (Å²) in [7, 11) is -3.60. The standard InChI is InChI=1S/C17H18N2O3S/c1-13-3-11-17(12-4-13)23(21,22)19-16-9-7-15(8-10-16)6-5-14(2)18-20/h3-12,18-20H,2H2,1H3/b6-5+. The second kappa shape index (κ2) is 7.13. The molecule has 120 valence electrons. The van der Waals surface area contributed by atoms with Crippen molar-refractivity contribution in [3.05, 3.63) is 78.0 Å². The van der Waals surface area contributed by atoms with Gasteiger partial charge in [-0.2, -0.15) is 0 Å². The largest absolute Gasteiger partial charge is 0.291 e. The molecule has 0 amide bonds. The predicted octanol–water partition coefficient (Wildman–Crippen LogP) is 3.30. The van der Waals surface area contributed by atoms with E-state index in [1.165, 1.54) is 0 Å². The Balaban J connectivity index is 2.12. The van der Waals surface area contributed by atoms with Crippen molar-refractivity contribution in [2.24, 2.45) is 0 Å². The van der Waals surface area contributed by atoms with Gasteiger partial charge in [-0.15, -0.1) is 0 Å². The molecule has 0 fully saturated rings. The highest BCUT2D eigenvalue weighted by Gasteiger charge is 2.13. The maximum atomic E-state index is 12.3. The van der Waals surface area contributed by atoms with Crippen LogP contribution in [0.25, 0.3) is 6.08 Å². The minimum absolute atomic E-state index is 0.220. The lowest BCUT2D eigenvalue weighted by Gasteiger charge is -2.08. The average molecular weight is 330 g/mol. The van der Waals surface area contributed by atoms with Crippen LogP contribution in [-0.4, -0.2) is 13.6 Å². The molecule has 0 aliphatic heterocycles. The summed E-state index contributed by atoms with van der Waals surface area (Å²) in [5.74, 6) is 0. The Morgan fingerprint density at radius 3 is 2.26 bits per heavy atom. The molecule has 2 rings (SSSR count). The van der Waals surface area contributed by atoms with Crippen LogP contribution in [0.1, 0.15) is 11.1 Å². The summed E-state index contributed by atoms with van der Waals surface area (Å²) < 4.78 is 27.1.